The van der Waals surface area contributed by atoms with E-state index in [1.165, 1.54) is 11.1 Å². The van der Waals surface area contributed by atoms with Crippen LogP contribution >= 0.6 is 0 Å². The predicted molar refractivity (Wildman–Crippen MR) is 92.9 cm³/mol. The molecule has 0 aromatic heterocycles. The number of carbonyl (C=O) groups is 1. The summed E-state index contributed by atoms with van der Waals surface area (Å²) in [4.78, 5) is 12.3. The number of aryl methyl sites for hydroxylation is 2. The number of anilines is 2. The lowest BCUT2D eigenvalue weighted by Crippen LogP contribution is -2.24. The number of hydrogen-bond acceptors (Lipinski definition) is 2. The van der Waals surface area contributed by atoms with Gasteiger partial charge in [0.15, 0.2) is 0 Å². The van der Waals surface area contributed by atoms with Crippen LogP contribution in [0.4, 0.5) is 16.2 Å². The average molecular weight is 310 g/mol. The first kappa shape index (κ1) is 15.6. The zero-order valence-corrected chi connectivity index (χ0v) is 13.3. The van der Waals surface area contributed by atoms with Gasteiger partial charge < -0.3 is 15.7 Å². The number of fused-ring (bicyclic) bond motifs is 1. The SMILES string of the molecule is CCc1cccc(NC(=O)Nc2cccc3c2CC(O)CC3)c1. The molecule has 0 aliphatic heterocycles. The molecule has 120 valence electrons. The van der Waals surface area contributed by atoms with Gasteiger partial charge in [0.1, 0.15) is 0 Å². The fraction of sp³-hybridized carbons (Fsp3) is 0.316. The molecular weight excluding hydrogens is 288 g/mol. The number of carbonyl (C=O) groups excluding carboxylic acids is 1. The Balaban J connectivity index is 1.73. The number of amides is 2. The highest BCUT2D eigenvalue weighted by Crippen LogP contribution is 2.28. The highest BCUT2D eigenvalue weighted by molar-refractivity contribution is 6.00. The minimum Gasteiger partial charge on any atom is -0.393 e. The molecule has 2 aromatic carbocycles. The number of benzene rings is 2. The van der Waals surface area contributed by atoms with Crippen molar-refractivity contribution < 1.29 is 9.90 Å². The Morgan fingerprint density at radius 3 is 2.87 bits per heavy atom. The summed E-state index contributed by atoms with van der Waals surface area (Å²) in [5.41, 5.74) is 5.00. The number of aliphatic hydroxyl groups excluding tert-OH is 1. The van der Waals surface area contributed by atoms with Gasteiger partial charge >= 0.3 is 6.03 Å². The van der Waals surface area contributed by atoms with E-state index in [-0.39, 0.29) is 12.1 Å². The highest BCUT2D eigenvalue weighted by atomic mass is 16.3. The van der Waals surface area contributed by atoms with Crippen LogP contribution in [0.3, 0.4) is 0 Å². The minimum absolute atomic E-state index is 0.258. The van der Waals surface area contributed by atoms with Gasteiger partial charge in [0.2, 0.25) is 0 Å². The second-order valence-electron chi connectivity index (χ2n) is 5.97. The van der Waals surface area contributed by atoms with E-state index < -0.39 is 0 Å². The first-order valence-corrected chi connectivity index (χ1v) is 8.11. The number of hydrogen-bond donors (Lipinski definition) is 3. The molecular formula is C19H22N2O2. The normalized spacial score (nSPS) is 16.5. The first-order chi connectivity index (χ1) is 11.2. The third kappa shape index (κ3) is 3.71. The lowest BCUT2D eigenvalue weighted by atomic mass is 9.88. The Bertz CT molecular complexity index is 712. The molecule has 1 aliphatic rings. The van der Waals surface area contributed by atoms with Crippen LogP contribution in [0.25, 0.3) is 0 Å². The Kier molecular flexibility index (Phi) is 4.63. The smallest absolute Gasteiger partial charge is 0.323 e. The van der Waals surface area contributed by atoms with Gasteiger partial charge in [-0.15, -0.1) is 0 Å². The molecule has 4 nitrogen and oxygen atoms in total. The monoisotopic (exact) mass is 310 g/mol. The van der Waals surface area contributed by atoms with E-state index in [0.29, 0.717) is 6.42 Å². The Morgan fingerprint density at radius 2 is 2.04 bits per heavy atom. The van der Waals surface area contributed by atoms with Crippen molar-refractivity contribution in [2.75, 3.05) is 10.6 Å². The maximum Gasteiger partial charge on any atom is 0.323 e. The molecule has 2 amide bonds. The summed E-state index contributed by atoms with van der Waals surface area (Å²) >= 11 is 0. The van der Waals surface area contributed by atoms with Crippen LogP contribution in [-0.2, 0) is 19.3 Å². The molecule has 0 bridgehead atoms. The van der Waals surface area contributed by atoms with Crippen LogP contribution in [0, 0.1) is 0 Å². The second-order valence-corrected chi connectivity index (χ2v) is 5.97. The summed E-state index contributed by atoms with van der Waals surface area (Å²) in [5, 5.41) is 15.7. The van der Waals surface area contributed by atoms with Crippen molar-refractivity contribution in [3.8, 4) is 0 Å². The molecule has 0 saturated heterocycles. The van der Waals surface area contributed by atoms with Gasteiger partial charge in [-0.1, -0.05) is 31.2 Å². The zero-order valence-electron chi connectivity index (χ0n) is 13.3. The summed E-state index contributed by atoms with van der Waals surface area (Å²) in [6.45, 7) is 2.08. The summed E-state index contributed by atoms with van der Waals surface area (Å²) in [6, 6.07) is 13.5. The van der Waals surface area contributed by atoms with Gasteiger partial charge in [0.25, 0.3) is 0 Å². The van der Waals surface area contributed by atoms with Gasteiger partial charge in [-0.05, 0) is 54.2 Å². The molecule has 0 heterocycles. The lowest BCUT2D eigenvalue weighted by molar-refractivity contribution is 0.159. The lowest BCUT2D eigenvalue weighted by Gasteiger charge is -2.23. The maximum atomic E-state index is 12.3. The standard InChI is InChI=1S/C19H22N2O2/c1-2-13-5-3-7-15(11-13)20-19(23)21-18-8-4-6-14-9-10-16(22)12-17(14)18/h3-8,11,16,22H,2,9-10,12H2,1H3,(H2,20,21,23). The fourth-order valence-corrected chi connectivity index (χ4v) is 3.04. The Morgan fingerprint density at radius 1 is 1.22 bits per heavy atom. The van der Waals surface area contributed by atoms with Gasteiger partial charge in [0.05, 0.1) is 6.10 Å². The topological polar surface area (TPSA) is 61.4 Å². The van der Waals surface area contributed by atoms with Crippen LogP contribution in [0.2, 0.25) is 0 Å². The molecule has 0 radical (unpaired) electrons. The van der Waals surface area contributed by atoms with E-state index in [9.17, 15) is 9.90 Å². The Labute approximate surface area is 136 Å². The van der Waals surface area contributed by atoms with Crippen LogP contribution in [0.15, 0.2) is 42.5 Å². The third-order valence-electron chi connectivity index (χ3n) is 4.30. The molecule has 3 rings (SSSR count). The molecule has 0 saturated carbocycles. The molecule has 1 aliphatic carbocycles. The van der Waals surface area contributed by atoms with E-state index >= 15 is 0 Å². The summed E-state index contributed by atoms with van der Waals surface area (Å²) in [6.07, 6.45) is 2.84. The molecule has 23 heavy (non-hydrogen) atoms. The van der Waals surface area contributed by atoms with Crippen molar-refractivity contribution in [3.05, 3.63) is 59.2 Å². The van der Waals surface area contributed by atoms with Crippen molar-refractivity contribution in [1.29, 1.82) is 0 Å². The van der Waals surface area contributed by atoms with Crippen molar-refractivity contribution in [3.63, 3.8) is 0 Å². The van der Waals surface area contributed by atoms with E-state index in [2.05, 4.69) is 23.6 Å². The second kappa shape index (κ2) is 6.84. The predicted octanol–water partition coefficient (Wildman–Crippen LogP) is 3.74. The quantitative estimate of drug-likeness (QED) is 0.808. The number of nitrogens with one attached hydrogen (secondary N) is 2. The fourth-order valence-electron chi connectivity index (χ4n) is 3.04. The molecule has 4 heteroatoms. The van der Waals surface area contributed by atoms with Gasteiger partial charge in [-0.2, -0.15) is 0 Å². The van der Waals surface area contributed by atoms with Crippen molar-refractivity contribution in [2.45, 2.75) is 38.7 Å². The molecule has 1 unspecified atom stereocenters. The van der Waals surface area contributed by atoms with Crippen molar-refractivity contribution in [2.24, 2.45) is 0 Å². The number of urea groups is 1. The van der Waals surface area contributed by atoms with Crippen LogP contribution < -0.4 is 10.6 Å². The van der Waals surface area contributed by atoms with Crippen molar-refractivity contribution >= 4 is 17.4 Å². The van der Waals surface area contributed by atoms with E-state index in [1.54, 1.807) is 0 Å². The van der Waals surface area contributed by atoms with E-state index in [0.717, 1.165) is 36.2 Å². The third-order valence-corrected chi connectivity index (χ3v) is 4.30. The van der Waals surface area contributed by atoms with Crippen LogP contribution in [0.5, 0.6) is 0 Å². The minimum atomic E-state index is -0.324. The molecule has 0 spiro atoms. The number of aliphatic hydroxyl groups is 1. The maximum absolute atomic E-state index is 12.3. The van der Waals surface area contributed by atoms with E-state index in [1.807, 2.05) is 36.4 Å². The number of rotatable bonds is 3. The Hall–Kier alpha value is -2.33. The van der Waals surface area contributed by atoms with Gasteiger partial charge in [0, 0.05) is 17.8 Å². The highest BCUT2D eigenvalue weighted by Gasteiger charge is 2.19. The van der Waals surface area contributed by atoms with Crippen LogP contribution in [-0.4, -0.2) is 17.2 Å². The average Bonchev–Trinajstić information content (AvgIpc) is 2.55. The molecule has 2 aromatic rings. The summed E-state index contributed by atoms with van der Waals surface area (Å²) < 4.78 is 0. The molecule has 3 N–H and O–H groups in total. The summed E-state index contributed by atoms with van der Waals surface area (Å²) in [7, 11) is 0. The zero-order chi connectivity index (χ0) is 16.2. The molecule has 1 atom stereocenters. The first-order valence-electron chi connectivity index (χ1n) is 8.11. The van der Waals surface area contributed by atoms with E-state index in [4.69, 9.17) is 0 Å². The summed E-state index contributed by atoms with van der Waals surface area (Å²) in [5.74, 6) is 0. The van der Waals surface area contributed by atoms with Crippen molar-refractivity contribution in [1.82, 2.24) is 0 Å². The van der Waals surface area contributed by atoms with Gasteiger partial charge in [-0.25, -0.2) is 4.79 Å². The van der Waals surface area contributed by atoms with Crippen LogP contribution in [0.1, 0.15) is 30.0 Å². The molecule has 0 fully saturated rings. The largest absolute Gasteiger partial charge is 0.393 e. The van der Waals surface area contributed by atoms with Gasteiger partial charge in [-0.3, -0.25) is 0 Å².